The molecule has 1 aliphatic carbocycles. The van der Waals surface area contributed by atoms with Gasteiger partial charge >= 0.3 is 0 Å². The fraction of sp³-hybridized carbons (Fsp3) is 0.368. The predicted molar refractivity (Wildman–Crippen MR) is 98.8 cm³/mol. The maximum Gasteiger partial charge on any atom is 0.231 e. The van der Waals surface area contributed by atoms with Gasteiger partial charge in [-0.3, -0.25) is 9.78 Å². The van der Waals surface area contributed by atoms with Gasteiger partial charge in [-0.1, -0.05) is 18.9 Å². The number of hydrogen-bond donors (Lipinski definition) is 2. The number of nitrogens with two attached hydrogens (primary N) is 1. The molecule has 0 radical (unpaired) electrons. The first-order chi connectivity index (χ1) is 11.7. The maximum absolute atomic E-state index is 12.6. The summed E-state index contributed by atoms with van der Waals surface area (Å²) in [6, 6.07) is 12.0. The molecular formula is C19H23N3OS. The topological polar surface area (TPSA) is 68.0 Å². The van der Waals surface area contributed by atoms with Crippen molar-refractivity contribution in [3.63, 3.8) is 0 Å². The lowest BCUT2D eigenvalue weighted by Crippen LogP contribution is -2.40. The fourth-order valence-corrected chi connectivity index (χ4v) is 3.96. The van der Waals surface area contributed by atoms with Crippen molar-refractivity contribution in [3.05, 3.63) is 54.4 Å². The number of carbonyl (C=O) groups excluding carboxylic acids is 1. The molecule has 1 amide bonds. The summed E-state index contributed by atoms with van der Waals surface area (Å²) in [6.45, 7) is 0.428. The summed E-state index contributed by atoms with van der Waals surface area (Å²) in [6.07, 6.45) is 7.64. The summed E-state index contributed by atoms with van der Waals surface area (Å²) in [7, 11) is 0. The molecule has 1 aromatic carbocycles. The van der Waals surface area contributed by atoms with E-state index in [1.165, 1.54) is 10.5 Å². The van der Waals surface area contributed by atoms with Crippen molar-refractivity contribution >= 4 is 23.4 Å². The van der Waals surface area contributed by atoms with Crippen LogP contribution in [0.15, 0.2) is 53.7 Å². The number of pyridine rings is 1. The minimum Gasteiger partial charge on any atom is -0.329 e. The lowest BCUT2D eigenvalue weighted by atomic mass is 9.85. The van der Waals surface area contributed by atoms with Gasteiger partial charge in [0.1, 0.15) is 0 Å². The first kappa shape index (κ1) is 17.0. The van der Waals surface area contributed by atoms with Crippen molar-refractivity contribution in [2.75, 3.05) is 11.9 Å². The number of carbonyl (C=O) groups is 1. The van der Waals surface area contributed by atoms with Gasteiger partial charge in [0.2, 0.25) is 5.91 Å². The summed E-state index contributed by atoms with van der Waals surface area (Å²) >= 11 is 1.76. The van der Waals surface area contributed by atoms with Crippen molar-refractivity contribution in [2.45, 2.75) is 36.3 Å². The average molecular weight is 341 g/mol. The van der Waals surface area contributed by atoms with E-state index in [1.807, 2.05) is 36.5 Å². The van der Waals surface area contributed by atoms with Crippen molar-refractivity contribution < 1.29 is 4.79 Å². The molecule has 0 unspecified atom stereocenters. The molecule has 24 heavy (non-hydrogen) atoms. The van der Waals surface area contributed by atoms with Crippen LogP contribution in [0.5, 0.6) is 0 Å². The maximum atomic E-state index is 12.6. The lowest BCUT2D eigenvalue weighted by Gasteiger charge is -2.25. The second kappa shape index (κ2) is 7.81. The van der Waals surface area contributed by atoms with Gasteiger partial charge in [0.15, 0.2) is 0 Å². The number of aromatic nitrogens is 1. The van der Waals surface area contributed by atoms with Crippen LogP contribution in [-0.2, 0) is 10.5 Å². The zero-order chi connectivity index (χ0) is 16.8. The Hall–Kier alpha value is -1.85. The Labute approximate surface area is 147 Å². The largest absolute Gasteiger partial charge is 0.329 e. The number of rotatable bonds is 6. The Bertz CT molecular complexity index is 667. The number of thioether (sulfide) groups is 1. The first-order valence-corrected chi connectivity index (χ1v) is 9.34. The van der Waals surface area contributed by atoms with Crippen LogP contribution in [-0.4, -0.2) is 17.4 Å². The van der Waals surface area contributed by atoms with Crippen LogP contribution in [0.1, 0.15) is 31.2 Å². The zero-order valence-electron chi connectivity index (χ0n) is 13.7. The normalized spacial score (nSPS) is 16.0. The Kier molecular flexibility index (Phi) is 5.53. The van der Waals surface area contributed by atoms with E-state index >= 15 is 0 Å². The molecule has 1 heterocycles. The van der Waals surface area contributed by atoms with E-state index in [0.717, 1.165) is 37.1 Å². The third-order valence-electron chi connectivity index (χ3n) is 4.67. The Morgan fingerprint density at radius 3 is 2.58 bits per heavy atom. The van der Waals surface area contributed by atoms with Crippen LogP contribution in [0.25, 0.3) is 0 Å². The molecule has 0 spiro atoms. The number of nitrogens with zero attached hydrogens (tertiary/aromatic N) is 1. The zero-order valence-corrected chi connectivity index (χ0v) is 14.5. The molecule has 1 aliphatic rings. The van der Waals surface area contributed by atoms with Gasteiger partial charge in [-0.05, 0) is 48.7 Å². The minimum atomic E-state index is -0.367. The van der Waals surface area contributed by atoms with Crippen LogP contribution in [0.4, 0.5) is 5.69 Å². The molecule has 1 fully saturated rings. The summed E-state index contributed by atoms with van der Waals surface area (Å²) in [5.41, 5.74) is 7.54. The Morgan fingerprint density at radius 2 is 1.96 bits per heavy atom. The quantitative estimate of drug-likeness (QED) is 0.784. The number of amides is 1. The third kappa shape index (κ3) is 3.97. The van der Waals surface area contributed by atoms with Gasteiger partial charge in [-0.15, -0.1) is 11.8 Å². The van der Waals surface area contributed by atoms with Crippen LogP contribution in [0.2, 0.25) is 0 Å². The van der Waals surface area contributed by atoms with Crippen molar-refractivity contribution in [3.8, 4) is 0 Å². The van der Waals surface area contributed by atoms with Crippen LogP contribution in [0, 0.1) is 5.41 Å². The van der Waals surface area contributed by atoms with Crippen LogP contribution < -0.4 is 11.1 Å². The molecule has 0 saturated heterocycles. The summed E-state index contributed by atoms with van der Waals surface area (Å²) in [4.78, 5) is 17.9. The average Bonchev–Trinajstić information content (AvgIpc) is 3.12. The number of benzene rings is 1. The predicted octanol–water partition coefficient (Wildman–Crippen LogP) is 3.83. The molecule has 2 aromatic rings. The summed E-state index contributed by atoms with van der Waals surface area (Å²) in [5, 5.41) is 3.04. The first-order valence-electron chi connectivity index (χ1n) is 8.35. The van der Waals surface area contributed by atoms with Crippen LogP contribution >= 0.6 is 11.8 Å². The van der Waals surface area contributed by atoms with Gasteiger partial charge < -0.3 is 11.1 Å². The highest BCUT2D eigenvalue weighted by atomic mass is 32.2. The number of anilines is 1. The Morgan fingerprint density at radius 1 is 1.21 bits per heavy atom. The molecule has 4 nitrogen and oxygen atoms in total. The molecule has 3 rings (SSSR count). The van der Waals surface area contributed by atoms with Gasteiger partial charge in [0.05, 0.1) is 5.41 Å². The van der Waals surface area contributed by atoms with E-state index in [2.05, 4.69) is 16.4 Å². The van der Waals surface area contributed by atoms with E-state index in [1.54, 1.807) is 18.0 Å². The molecule has 0 bridgehead atoms. The van der Waals surface area contributed by atoms with Crippen molar-refractivity contribution in [1.29, 1.82) is 0 Å². The molecule has 5 heteroatoms. The summed E-state index contributed by atoms with van der Waals surface area (Å²) in [5.74, 6) is 0.953. The molecule has 0 aliphatic heterocycles. The van der Waals surface area contributed by atoms with E-state index < -0.39 is 0 Å². The molecule has 3 N–H and O–H groups in total. The van der Waals surface area contributed by atoms with Gasteiger partial charge in [-0.2, -0.15) is 0 Å². The molecule has 126 valence electrons. The standard InChI is InChI=1S/C19H23N3OS/c20-14-19(9-1-2-10-19)18(23)22-16-5-7-17(8-6-16)24-13-15-4-3-11-21-12-15/h3-8,11-12H,1-2,9-10,13-14,20H2,(H,22,23). The number of nitrogens with one attached hydrogen (secondary N) is 1. The second-order valence-electron chi connectivity index (χ2n) is 6.32. The van der Waals surface area contributed by atoms with E-state index in [4.69, 9.17) is 5.73 Å². The number of hydrogen-bond acceptors (Lipinski definition) is 4. The second-order valence-corrected chi connectivity index (χ2v) is 7.37. The van der Waals surface area contributed by atoms with Gasteiger partial charge in [-0.25, -0.2) is 0 Å². The smallest absolute Gasteiger partial charge is 0.231 e. The van der Waals surface area contributed by atoms with Gasteiger partial charge in [0, 0.05) is 35.3 Å². The fourth-order valence-electron chi connectivity index (χ4n) is 3.12. The van der Waals surface area contributed by atoms with E-state index in [0.29, 0.717) is 6.54 Å². The van der Waals surface area contributed by atoms with Gasteiger partial charge in [0.25, 0.3) is 0 Å². The molecule has 1 aromatic heterocycles. The SMILES string of the molecule is NCC1(C(=O)Nc2ccc(SCc3cccnc3)cc2)CCCC1. The lowest BCUT2D eigenvalue weighted by molar-refractivity contribution is -0.124. The van der Waals surface area contributed by atoms with E-state index in [9.17, 15) is 4.79 Å². The highest BCUT2D eigenvalue weighted by Gasteiger charge is 2.39. The highest BCUT2D eigenvalue weighted by Crippen LogP contribution is 2.38. The molecular weight excluding hydrogens is 318 g/mol. The minimum absolute atomic E-state index is 0.0678. The van der Waals surface area contributed by atoms with Crippen molar-refractivity contribution in [1.82, 2.24) is 4.98 Å². The Balaban J connectivity index is 1.57. The highest BCUT2D eigenvalue weighted by molar-refractivity contribution is 7.98. The van der Waals surface area contributed by atoms with Crippen LogP contribution in [0.3, 0.4) is 0 Å². The monoisotopic (exact) mass is 341 g/mol. The van der Waals surface area contributed by atoms with E-state index in [-0.39, 0.29) is 11.3 Å². The summed E-state index contributed by atoms with van der Waals surface area (Å²) < 4.78 is 0. The third-order valence-corrected chi connectivity index (χ3v) is 5.76. The molecule has 1 saturated carbocycles. The van der Waals surface area contributed by atoms with Crippen molar-refractivity contribution in [2.24, 2.45) is 11.1 Å². The molecule has 0 atom stereocenters.